The summed E-state index contributed by atoms with van der Waals surface area (Å²) in [5.74, 6) is 0.972. The summed E-state index contributed by atoms with van der Waals surface area (Å²) < 4.78 is 9.74. The third kappa shape index (κ3) is 3.61. The molecule has 1 saturated heterocycles. The van der Waals surface area contributed by atoms with Crippen LogP contribution in [0.15, 0.2) is 30.3 Å². The second-order valence-corrected chi connectivity index (χ2v) is 9.94. The average Bonchev–Trinajstić information content (AvgIpc) is 3.34. The molecule has 9 heteroatoms. The zero-order valence-corrected chi connectivity index (χ0v) is 20.7. The predicted molar refractivity (Wildman–Crippen MR) is 135 cm³/mol. The van der Waals surface area contributed by atoms with Gasteiger partial charge in [-0.3, -0.25) is 4.79 Å². The lowest BCUT2D eigenvalue weighted by atomic mass is 10.1. The second kappa shape index (κ2) is 8.36. The monoisotopic (exact) mass is 487 g/mol. The lowest BCUT2D eigenvalue weighted by Gasteiger charge is -2.24. The SMILES string of the molecule is COc1cc(C(=O)O)cc2nc(-c3cc4ccc([C@@H](C)N5CCCC5=O)nc4n3CC3CC3)n(C)c12. The van der Waals surface area contributed by atoms with E-state index in [9.17, 15) is 14.7 Å². The Bertz CT molecular complexity index is 1530. The van der Waals surface area contributed by atoms with E-state index in [1.165, 1.54) is 26.0 Å². The first-order chi connectivity index (χ1) is 17.4. The standard InChI is InChI=1S/C27H29N5O4/c1-15(31-10-4-5-23(31)33)19-9-8-17-12-21(32(25(17)28-19)14-16-6-7-16)26-29-20-11-18(27(34)35)13-22(36-3)24(20)30(26)2/h8-9,11-13,15-16H,4-7,10,14H2,1-3H3,(H,34,35)/t15-/m1/s1. The number of hydrogen-bond donors (Lipinski definition) is 1. The van der Waals surface area contributed by atoms with Crippen molar-refractivity contribution in [2.24, 2.45) is 13.0 Å². The van der Waals surface area contributed by atoms with Gasteiger partial charge in [-0.1, -0.05) is 0 Å². The number of amides is 1. The Kier molecular flexibility index (Phi) is 5.24. The molecule has 186 valence electrons. The number of rotatable bonds is 7. The van der Waals surface area contributed by atoms with Gasteiger partial charge in [0.05, 0.1) is 35.6 Å². The van der Waals surface area contributed by atoms with Gasteiger partial charge in [0.25, 0.3) is 0 Å². The molecule has 2 fully saturated rings. The highest BCUT2D eigenvalue weighted by Crippen LogP contribution is 2.38. The van der Waals surface area contributed by atoms with Crippen LogP contribution in [0.4, 0.5) is 0 Å². The van der Waals surface area contributed by atoms with Gasteiger partial charge < -0.3 is 23.9 Å². The summed E-state index contributed by atoms with van der Waals surface area (Å²) in [4.78, 5) is 35.8. The molecule has 1 amide bonds. The first-order valence-electron chi connectivity index (χ1n) is 12.4. The zero-order chi connectivity index (χ0) is 25.1. The van der Waals surface area contributed by atoms with Crippen molar-refractivity contribution in [2.45, 2.75) is 45.2 Å². The Morgan fingerprint density at radius 1 is 1.22 bits per heavy atom. The van der Waals surface area contributed by atoms with E-state index in [0.29, 0.717) is 23.6 Å². The van der Waals surface area contributed by atoms with Crippen molar-refractivity contribution in [3.8, 4) is 17.3 Å². The Labute approximate surface area is 208 Å². The van der Waals surface area contributed by atoms with Gasteiger partial charge in [-0.05, 0) is 62.4 Å². The van der Waals surface area contributed by atoms with Gasteiger partial charge in [0, 0.05) is 31.9 Å². The predicted octanol–water partition coefficient (Wildman–Crippen LogP) is 4.39. The van der Waals surface area contributed by atoms with E-state index in [1.807, 2.05) is 29.5 Å². The summed E-state index contributed by atoms with van der Waals surface area (Å²) in [6.07, 6.45) is 3.88. The fraction of sp³-hybridized carbons (Fsp3) is 0.407. The van der Waals surface area contributed by atoms with Gasteiger partial charge >= 0.3 is 5.97 Å². The smallest absolute Gasteiger partial charge is 0.335 e. The minimum Gasteiger partial charge on any atom is -0.494 e. The maximum Gasteiger partial charge on any atom is 0.335 e. The third-order valence-corrected chi connectivity index (χ3v) is 7.54. The summed E-state index contributed by atoms with van der Waals surface area (Å²) >= 11 is 0. The van der Waals surface area contributed by atoms with Gasteiger partial charge in [0.2, 0.25) is 5.91 Å². The van der Waals surface area contributed by atoms with Gasteiger partial charge in [0.15, 0.2) is 5.82 Å². The number of carboxylic acids is 1. The minimum absolute atomic E-state index is 0.0772. The molecule has 1 N–H and O–H groups in total. The molecule has 1 aliphatic carbocycles. The van der Waals surface area contributed by atoms with E-state index < -0.39 is 5.97 Å². The van der Waals surface area contributed by atoms with Crippen molar-refractivity contribution in [1.29, 1.82) is 0 Å². The number of hydrogen-bond acceptors (Lipinski definition) is 5. The van der Waals surface area contributed by atoms with Crippen LogP contribution in [-0.4, -0.2) is 54.6 Å². The molecule has 0 radical (unpaired) electrons. The second-order valence-electron chi connectivity index (χ2n) is 9.94. The Morgan fingerprint density at radius 2 is 2.03 bits per heavy atom. The van der Waals surface area contributed by atoms with Gasteiger partial charge in [-0.15, -0.1) is 0 Å². The number of nitrogens with zero attached hydrogens (tertiary/aromatic N) is 5. The Morgan fingerprint density at radius 3 is 2.69 bits per heavy atom. The fourth-order valence-corrected chi connectivity index (χ4v) is 5.36. The molecule has 6 rings (SSSR count). The molecule has 4 heterocycles. The van der Waals surface area contributed by atoms with E-state index in [-0.39, 0.29) is 17.5 Å². The number of carbonyl (C=O) groups excluding carboxylic acids is 1. The van der Waals surface area contributed by atoms with Crippen molar-refractivity contribution >= 4 is 33.9 Å². The van der Waals surface area contributed by atoms with Gasteiger partial charge in [-0.2, -0.15) is 0 Å². The van der Waals surface area contributed by atoms with E-state index in [1.54, 1.807) is 6.07 Å². The van der Waals surface area contributed by atoms with Gasteiger partial charge in [-0.25, -0.2) is 14.8 Å². The molecule has 1 atom stereocenters. The summed E-state index contributed by atoms with van der Waals surface area (Å²) in [7, 11) is 3.46. The van der Waals surface area contributed by atoms with Crippen molar-refractivity contribution in [3.63, 3.8) is 0 Å². The molecule has 1 aromatic carbocycles. The lowest BCUT2D eigenvalue weighted by molar-refractivity contribution is -0.129. The maximum atomic E-state index is 12.3. The van der Waals surface area contributed by atoms with Crippen LogP contribution in [0.2, 0.25) is 0 Å². The number of likely N-dealkylation sites (tertiary alicyclic amines) is 1. The number of fused-ring (bicyclic) bond motifs is 2. The topological polar surface area (TPSA) is 102 Å². The van der Waals surface area contributed by atoms with Crippen LogP contribution >= 0.6 is 0 Å². The quantitative estimate of drug-likeness (QED) is 0.415. The number of aromatic nitrogens is 4. The fourth-order valence-electron chi connectivity index (χ4n) is 5.36. The van der Waals surface area contributed by atoms with E-state index in [2.05, 4.69) is 16.7 Å². The number of aromatic carboxylic acids is 1. The number of ether oxygens (including phenoxy) is 1. The molecule has 0 bridgehead atoms. The number of pyridine rings is 1. The van der Waals surface area contributed by atoms with E-state index >= 15 is 0 Å². The molecule has 0 unspecified atom stereocenters. The molecular weight excluding hydrogens is 458 g/mol. The first-order valence-corrected chi connectivity index (χ1v) is 12.4. The number of benzene rings is 1. The highest BCUT2D eigenvalue weighted by Gasteiger charge is 2.29. The third-order valence-electron chi connectivity index (χ3n) is 7.54. The van der Waals surface area contributed by atoms with Crippen molar-refractivity contribution in [1.82, 2.24) is 24.0 Å². The van der Waals surface area contributed by atoms with Gasteiger partial charge in [0.1, 0.15) is 16.9 Å². The minimum atomic E-state index is -1.02. The van der Waals surface area contributed by atoms with Crippen LogP contribution in [0.3, 0.4) is 0 Å². The summed E-state index contributed by atoms with van der Waals surface area (Å²) in [5.41, 5.74) is 4.16. The molecule has 36 heavy (non-hydrogen) atoms. The number of methoxy groups -OCH3 is 1. The van der Waals surface area contributed by atoms with Crippen LogP contribution in [0.25, 0.3) is 33.6 Å². The lowest BCUT2D eigenvalue weighted by Crippen LogP contribution is -2.28. The van der Waals surface area contributed by atoms with Crippen molar-refractivity contribution in [3.05, 3.63) is 41.6 Å². The zero-order valence-electron chi connectivity index (χ0n) is 20.7. The highest BCUT2D eigenvalue weighted by molar-refractivity contribution is 5.96. The molecule has 0 spiro atoms. The average molecular weight is 488 g/mol. The molecule has 2 aliphatic rings. The molecule has 1 aliphatic heterocycles. The highest BCUT2D eigenvalue weighted by atomic mass is 16.5. The van der Waals surface area contributed by atoms with Crippen molar-refractivity contribution in [2.75, 3.05) is 13.7 Å². The summed E-state index contributed by atoms with van der Waals surface area (Å²) in [5, 5.41) is 10.6. The van der Waals surface area contributed by atoms with Crippen molar-refractivity contribution < 1.29 is 19.4 Å². The first kappa shape index (κ1) is 22.6. The Hall–Kier alpha value is -3.88. The maximum absolute atomic E-state index is 12.3. The summed E-state index contributed by atoms with van der Waals surface area (Å²) in [6, 6.07) is 9.24. The van der Waals surface area contributed by atoms with Crippen LogP contribution in [-0.2, 0) is 18.4 Å². The number of carbonyl (C=O) groups is 2. The largest absolute Gasteiger partial charge is 0.494 e. The van der Waals surface area contributed by atoms with E-state index in [0.717, 1.165) is 53.3 Å². The summed E-state index contributed by atoms with van der Waals surface area (Å²) in [6.45, 7) is 3.66. The number of imidazole rings is 1. The molecule has 9 nitrogen and oxygen atoms in total. The molecular formula is C27H29N5O4. The molecule has 3 aromatic heterocycles. The van der Waals surface area contributed by atoms with Crippen LogP contribution in [0.5, 0.6) is 5.75 Å². The van der Waals surface area contributed by atoms with Crippen LogP contribution in [0.1, 0.15) is 54.7 Å². The van der Waals surface area contributed by atoms with E-state index in [4.69, 9.17) is 14.7 Å². The molecule has 1 saturated carbocycles. The molecule has 4 aromatic rings. The number of aryl methyl sites for hydroxylation is 1. The number of carboxylic acid groups (broad SMARTS) is 1. The Balaban J connectivity index is 1.51. The van der Waals surface area contributed by atoms with Crippen LogP contribution < -0.4 is 4.74 Å². The normalized spacial score (nSPS) is 16.9. The van der Waals surface area contributed by atoms with Crippen LogP contribution in [0, 0.1) is 5.92 Å².